The zero-order valence-corrected chi connectivity index (χ0v) is 21.0. The van der Waals surface area contributed by atoms with Crippen molar-refractivity contribution in [2.75, 3.05) is 45.3 Å². The Hall–Kier alpha value is -3.03. The summed E-state index contributed by atoms with van der Waals surface area (Å²) in [5.74, 6) is -4.93. The summed E-state index contributed by atoms with van der Waals surface area (Å²) in [7, 11) is 3.90. The van der Waals surface area contributed by atoms with Crippen molar-refractivity contribution in [2.45, 2.75) is 18.2 Å². The molecule has 2 aromatic carbocycles. The molecule has 0 unspecified atom stereocenters. The van der Waals surface area contributed by atoms with Crippen molar-refractivity contribution in [3.8, 4) is 5.75 Å². The second-order valence-corrected chi connectivity index (χ2v) is 8.04. The number of halogens is 8. The lowest BCUT2D eigenvalue weighted by Crippen LogP contribution is -2.55. The van der Waals surface area contributed by atoms with Gasteiger partial charge in [-0.25, -0.2) is 4.98 Å². The minimum Gasteiger partial charge on any atom is -0.492 e. The van der Waals surface area contributed by atoms with Crippen LogP contribution < -0.4 is 15.0 Å². The van der Waals surface area contributed by atoms with E-state index >= 15 is 0 Å². The van der Waals surface area contributed by atoms with Crippen LogP contribution in [0.15, 0.2) is 46.9 Å². The Bertz CT molecular complexity index is 1180. The highest BCUT2D eigenvalue weighted by molar-refractivity contribution is 5.85. The van der Waals surface area contributed by atoms with Gasteiger partial charge in [-0.05, 0) is 35.9 Å². The lowest BCUT2D eigenvalue weighted by Gasteiger charge is -2.29. The predicted octanol–water partition coefficient (Wildman–Crippen LogP) is 6.26. The van der Waals surface area contributed by atoms with Crippen LogP contribution in [-0.4, -0.2) is 63.6 Å². The number of benzene rings is 2. The van der Waals surface area contributed by atoms with Crippen molar-refractivity contribution in [3.05, 3.63) is 53.9 Å². The summed E-state index contributed by atoms with van der Waals surface area (Å²) < 4.78 is 103. The van der Waals surface area contributed by atoms with E-state index in [1.807, 2.05) is 49.3 Å². The molecule has 38 heavy (non-hydrogen) atoms. The zero-order chi connectivity index (χ0) is 27.3. The molecule has 6 nitrogen and oxygen atoms in total. The number of oxazole rings is 1. The highest BCUT2D eigenvalue weighted by Crippen LogP contribution is 2.46. The molecule has 14 heteroatoms. The third-order valence-corrected chi connectivity index (χ3v) is 5.06. The van der Waals surface area contributed by atoms with E-state index in [4.69, 9.17) is 9.15 Å². The summed E-state index contributed by atoms with van der Waals surface area (Å²) in [5, 5.41) is 2.52. The van der Waals surface area contributed by atoms with Crippen molar-refractivity contribution < 1.29 is 44.6 Å². The van der Waals surface area contributed by atoms with Crippen LogP contribution in [0.5, 0.6) is 5.75 Å². The molecule has 0 bridgehead atoms. The normalized spacial score (nSPS) is 12.7. The van der Waals surface area contributed by atoms with E-state index in [2.05, 4.69) is 15.0 Å². The molecule has 210 valence electrons. The fourth-order valence-corrected chi connectivity index (χ4v) is 3.09. The number of aromatic nitrogens is 1. The van der Waals surface area contributed by atoms with Gasteiger partial charge in [0.15, 0.2) is 5.58 Å². The van der Waals surface area contributed by atoms with Crippen molar-refractivity contribution in [3.63, 3.8) is 0 Å². The second kappa shape index (κ2) is 12.7. The SMILES string of the molecule is CN(C)c1ccc(/C=C/c2nc3ccc(OCCNCCOC(F)(C(F)(F)F)C(F)(F)F)cc3o2)cc1.Cl. The number of hydrogen-bond acceptors (Lipinski definition) is 6. The third kappa shape index (κ3) is 7.74. The molecule has 0 spiro atoms. The van der Waals surface area contributed by atoms with E-state index < -0.39 is 31.4 Å². The van der Waals surface area contributed by atoms with Crippen LogP contribution in [0.25, 0.3) is 23.3 Å². The Morgan fingerprint density at radius 1 is 0.895 bits per heavy atom. The van der Waals surface area contributed by atoms with Crippen molar-refractivity contribution >= 4 is 41.3 Å². The van der Waals surface area contributed by atoms with Gasteiger partial charge >= 0.3 is 18.2 Å². The number of nitrogens with zero attached hydrogens (tertiary/aromatic N) is 2. The summed E-state index contributed by atoms with van der Waals surface area (Å²) in [4.78, 5) is 6.36. The molecule has 0 aliphatic carbocycles. The van der Waals surface area contributed by atoms with Gasteiger partial charge in [-0.3, -0.25) is 0 Å². The molecule has 0 saturated heterocycles. The van der Waals surface area contributed by atoms with E-state index in [1.165, 1.54) is 0 Å². The van der Waals surface area contributed by atoms with Gasteiger partial charge in [-0.1, -0.05) is 12.1 Å². The Labute approximate surface area is 219 Å². The zero-order valence-electron chi connectivity index (χ0n) is 20.2. The number of ether oxygens (including phenoxy) is 2. The number of rotatable bonds is 11. The molecule has 3 rings (SSSR count). The number of alkyl halides is 7. The Balaban J connectivity index is 0.00000507. The third-order valence-electron chi connectivity index (χ3n) is 5.06. The van der Waals surface area contributed by atoms with Crippen LogP contribution in [-0.2, 0) is 4.74 Å². The number of hydrogen-bond donors (Lipinski definition) is 1. The van der Waals surface area contributed by atoms with Gasteiger partial charge in [0.25, 0.3) is 0 Å². The van der Waals surface area contributed by atoms with Gasteiger partial charge < -0.3 is 24.1 Å². The highest BCUT2D eigenvalue weighted by atomic mass is 35.5. The quantitative estimate of drug-likeness (QED) is 0.217. The molecule has 3 aromatic rings. The number of nitrogens with one attached hydrogen (secondary N) is 1. The largest absolute Gasteiger partial charge is 0.492 e. The lowest BCUT2D eigenvalue weighted by atomic mass is 10.2. The van der Waals surface area contributed by atoms with E-state index in [0.717, 1.165) is 11.3 Å². The van der Waals surface area contributed by atoms with Crippen LogP contribution in [0.4, 0.5) is 36.4 Å². The van der Waals surface area contributed by atoms with Crippen molar-refractivity contribution in [1.82, 2.24) is 10.3 Å². The topological polar surface area (TPSA) is 59.8 Å². The lowest BCUT2D eigenvalue weighted by molar-refractivity contribution is -0.429. The van der Waals surface area contributed by atoms with Crippen molar-refractivity contribution in [2.24, 2.45) is 0 Å². The molecular weight excluding hydrogens is 547 g/mol. The van der Waals surface area contributed by atoms with Gasteiger partial charge in [-0.2, -0.15) is 30.7 Å². The molecule has 0 saturated carbocycles. The molecule has 0 fully saturated rings. The first-order valence-corrected chi connectivity index (χ1v) is 11.0. The number of anilines is 1. The van der Waals surface area contributed by atoms with Crippen LogP contribution in [0, 0.1) is 0 Å². The van der Waals surface area contributed by atoms with E-state index in [9.17, 15) is 30.7 Å². The molecule has 1 aromatic heterocycles. The second-order valence-electron chi connectivity index (χ2n) is 8.04. The van der Waals surface area contributed by atoms with E-state index in [-0.39, 0.29) is 25.6 Å². The van der Waals surface area contributed by atoms with Crippen LogP contribution in [0.2, 0.25) is 0 Å². The average molecular weight is 572 g/mol. The first-order chi connectivity index (χ1) is 17.3. The molecule has 0 amide bonds. The predicted molar refractivity (Wildman–Crippen MR) is 131 cm³/mol. The fraction of sp³-hybridized carbons (Fsp3) is 0.375. The van der Waals surface area contributed by atoms with Crippen LogP contribution in [0.3, 0.4) is 0 Å². The Morgan fingerprint density at radius 2 is 1.53 bits per heavy atom. The fourth-order valence-electron chi connectivity index (χ4n) is 3.09. The molecule has 1 heterocycles. The summed E-state index contributed by atoms with van der Waals surface area (Å²) in [5.41, 5.74) is 3.08. The molecule has 0 aliphatic heterocycles. The minimum absolute atomic E-state index is 0. The molecule has 0 aliphatic rings. The van der Waals surface area contributed by atoms with Gasteiger partial charge in [-0.15, -0.1) is 12.4 Å². The molecule has 0 atom stereocenters. The maximum atomic E-state index is 13.4. The van der Waals surface area contributed by atoms with Gasteiger partial charge in [0.2, 0.25) is 5.89 Å². The maximum absolute atomic E-state index is 13.4. The van der Waals surface area contributed by atoms with Crippen LogP contribution in [0.1, 0.15) is 11.5 Å². The average Bonchev–Trinajstić information content (AvgIpc) is 3.23. The molecular formula is C24H25ClF7N3O3. The summed E-state index contributed by atoms with van der Waals surface area (Å²) in [6, 6.07) is 12.8. The minimum atomic E-state index is -6.25. The van der Waals surface area contributed by atoms with E-state index in [0.29, 0.717) is 22.7 Å². The number of fused-ring (bicyclic) bond motifs is 1. The summed E-state index contributed by atoms with van der Waals surface area (Å²) in [6.07, 6.45) is -8.92. The first kappa shape index (κ1) is 31.2. The summed E-state index contributed by atoms with van der Waals surface area (Å²) in [6.45, 7) is -1.55. The van der Waals surface area contributed by atoms with Crippen molar-refractivity contribution in [1.29, 1.82) is 0 Å². The standard InChI is InChI=1S/C24H24F7N3O3.ClH/c1-34(2)17-6-3-16(4-7-17)5-10-21-33-19-9-8-18(15-20(19)37-21)35-13-11-32-12-14-36-22(25,23(26,27)28)24(29,30)31;/h3-10,15,32H,11-14H2,1-2H3;1H/b10-5+;. The van der Waals surface area contributed by atoms with Crippen LogP contribution >= 0.6 is 12.4 Å². The monoisotopic (exact) mass is 571 g/mol. The highest BCUT2D eigenvalue weighted by Gasteiger charge is 2.74. The summed E-state index contributed by atoms with van der Waals surface area (Å²) >= 11 is 0. The Morgan fingerprint density at radius 3 is 2.13 bits per heavy atom. The van der Waals surface area contributed by atoms with Gasteiger partial charge in [0.1, 0.15) is 17.9 Å². The van der Waals surface area contributed by atoms with Gasteiger partial charge in [0.05, 0.1) is 6.61 Å². The first-order valence-electron chi connectivity index (χ1n) is 11.0. The smallest absolute Gasteiger partial charge is 0.458 e. The van der Waals surface area contributed by atoms with Gasteiger partial charge in [0, 0.05) is 45.0 Å². The Kier molecular flexibility index (Phi) is 10.4. The molecule has 1 N–H and O–H groups in total. The van der Waals surface area contributed by atoms with E-state index in [1.54, 1.807) is 24.3 Å². The maximum Gasteiger partial charge on any atom is 0.458 e. The molecule has 0 radical (unpaired) electrons.